The number of ether oxygens (including phenoxy) is 1. The lowest BCUT2D eigenvalue weighted by molar-refractivity contribution is -0.145. The van der Waals surface area contributed by atoms with E-state index in [9.17, 15) is 4.79 Å². The number of hydrogen-bond acceptors (Lipinski definition) is 4. The predicted octanol–water partition coefficient (Wildman–Crippen LogP) is 0.891. The zero-order chi connectivity index (χ0) is 9.40. The minimum absolute atomic E-state index is 0.141. The molecule has 1 N–H and O–H groups in total. The van der Waals surface area contributed by atoms with E-state index in [-0.39, 0.29) is 12.0 Å². The minimum Gasteiger partial charge on any atom is -0.465 e. The summed E-state index contributed by atoms with van der Waals surface area (Å²) in [4.78, 5) is 11.2. The number of rotatable bonds is 6. The van der Waals surface area contributed by atoms with Crippen molar-refractivity contribution < 1.29 is 9.53 Å². The molecule has 0 spiro atoms. The lowest BCUT2D eigenvalue weighted by Gasteiger charge is -2.13. The molecule has 0 saturated heterocycles. The molecule has 72 valence electrons. The van der Waals surface area contributed by atoms with E-state index >= 15 is 0 Å². The van der Waals surface area contributed by atoms with Gasteiger partial charge in [0.05, 0.1) is 6.61 Å². The molecule has 0 amide bonds. The summed E-state index contributed by atoms with van der Waals surface area (Å²) in [5.41, 5.74) is 0. The number of thioether (sulfide) groups is 1. The normalized spacial score (nSPS) is 12.6. The number of likely N-dealkylation sites (N-methyl/N-ethyl adjacent to an activating group) is 1. The van der Waals surface area contributed by atoms with Gasteiger partial charge in [0.25, 0.3) is 0 Å². The molecule has 0 radical (unpaired) electrons. The number of carbonyl (C=O) groups excluding carboxylic acids is 1. The first-order chi connectivity index (χ1) is 5.76. The first-order valence-corrected chi connectivity index (χ1v) is 5.48. The molecule has 0 saturated carbocycles. The maximum atomic E-state index is 11.2. The highest BCUT2D eigenvalue weighted by atomic mass is 32.2. The van der Waals surface area contributed by atoms with Crippen LogP contribution in [0, 0.1) is 0 Å². The van der Waals surface area contributed by atoms with Gasteiger partial charge >= 0.3 is 5.97 Å². The lowest BCUT2D eigenvalue weighted by atomic mass is 10.2. The van der Waals surface area contributed by atoms with Crippen molar-refractivity contribution in [3.05, 3.63) is 0 Å². The highest BCUT2D eigenvalue weighted by Gasteiger charge is 2.15. The van der Waals surface area contributed by atoms with Gasteiger partial charge in [-0.2, -0.15) is 11.8 Å². The van der Waals surface area contributed by atoms with Gasteiger partial charge in [0.2, 0.25) is 0 Å². The second kappa shape index (κ2) is 7.43. The van der Waals surface area contributed by atoms with Crippen molar-refractivity contribution in [1.29, 1.82) is 0 Å². The molecule has 0 aromatic carbocycles. The maximum absolute atomic E-state index is 11.2. The van der Waals surface area contributed by atoms with Crippen LogP contribution in [-0.2, 0) is 9.53 Å². The van der Waals surface area contributed by atoms with Crippen LogP contribution in [0.25, 0.3) is 0 Å². The molecule has 0 aromatic heterocycles. The van der Waals surface area contributed by atoms with E-state index < -0.39 is 0 Å². The van der Waals surface area contributed by atoms with Crippen LogP contribution >= 0.6 is 11.8 Å². The summed E-state index contributed by atoms with van der Waals surface area (Å²) in [5.74, 6) is 0.832. The van der Waals surface area contributed by atoms with E-state index in [1.165, 1.54) is 0 Å². The van der Waals surface area contributed by atoms with E-state index in [0.717, 1.165) is 12.2 Å². The van der Waals surface area contributed by atoms with Gasteiger partial charge in [-0.25, -0.2) is 0 Å². The summed E-state index contributed by atoms with van der Waals surface area (Å²) in [5, 5.41) is 2.93. The van der Waals surface area contributed by atoms with Gasteiger partial charge in [-0.1, -0.05) is 0 Å². The number of esters is 1. The third-order valence-electron chi connectivity index (χ3n) is 1.53. The molecule has 0 aromatic rings. The molecule has 0 fully saturated rings. The maximum Gasteiger partial charge on any atom is 0.323 e. The zero-order valence-corrected chi connectivity index (χ0v) is 8.74. The quantitative estimate of drug-likeness (QED) is 0.633. The molecule has 1 unspecified atom stereocenters. The molecular weight excluding hydrogens is 174 g/mol. The van der Waals surface area contributed by atoms with Gasteiger partial charge in [0.1, 0.15) is 6.04 Å². The molecule has 0 rings (SSSR count). The van der Waals surface area contributed by atoms with Gasteiger partial charge in [-0.05, 0) is 32.4 Å². The van der Waals surface area contributed by atoms with Crippen molar-refractivity contribution in [2.75, 3.05) is 25.7 Å². The van der Waals surface area contributed by atoms with Crippen LogP contribution in [0.1, 0.15) is 13.3 Å². The Labute approximate surface area is 78.2 Å². The Kier molecular flexibility index (Phi) is 7.29. The summed E-state index contributed by atoms with van der Waals surface area (Å²) in [6, 6.07) is -0.141. The van der Waals surface area contributed by atoms with Crippen molar-refractivity contribution in [3.8, 4) is 0 Å². The van der Waals surface area contributed by atoms with Crippen LogP contribution < -0.4 is 5.32 Å². The first kappa shape index (κ1) is 11.8. The lowest BCUT2D eigenvalue weighted by Crippen LogP contribution is -2.36. The Morgan fingerprint density at radius 1 is 1.67 bits per heavy atom. The Morgan fingerprint density at radius 2 is 2.33 bits per heavy atom. The molecule has 4 heteroatoms. The molecule has 12 heavy (non-hydrogen) atoms. The molecule has 1 atom stereocenters. The summed E-state index contributed by atoms with van der Waals surface area (Å²) >= 11 is 1.73. The number of hydrogen-bond donors (Lipinski definition) is 1. The highest BCUT2D eigenvalue weighted by Crippen LogP contribution is 2.01. The van der Waals surface area contributed by atoms with Gasteiger partial charge < -0.3 is 10.1 Å². The highest BCUT2D eigenvalue weighted by molar-refractivity contribution is 7.98. The second-order valence-electron chi connectivity index (χ2n) is 2.37. The van der Waals surface area contributed by atoms with Crippen LogP contribution in [0.2, 0.25) is 0 Å². The molecule has 0 aliphatic heterocycles. The van der Waals surface area contributed by atoms with Crippen LogP contribution in [0.5, 0.6) is 0 Å². The van der Waals surface area contributed by atoms with E-state index in [1.807, 2.05) is 13.2 Å². The Morgan fingerprint density at radius 3 is 2.75 bits per heavy atom. The third kappa shape index (κ3) is 4.62. The summed E-state index contributed by atoms with van der Waals surface area (Å²) in [6.07, 6.45) is 2.86. The van der Waals surface area contributed by atoms with Gasteiger partial charge in [-0.3, -0.25) is 4.79 Å². The smallest absolute Gasteiger partial charge is 0.323 e. The largest absolute Gasteiger partial charge is 0.465 e. The van der Waals surface area contributed by atoms with Crippen molar-refractivity contribution in [3.63, 3.8) is 0 Å². The minimum atomic E-state index is -0.144. The fourth-order valence-corrected chi connectivity index (χ4v) is 1.33. The van der Waals surface area contributed by atoms with Crippen molar-refractivity contribution in [2.45, 2.75) is 19.4 Å². The number of carbonyl (C=O) groups is 1. The van der Waals surface area contributed by atoms with Gasteiger partial charge in [0, 0.05) is 0 Å². The van der Waals surface area contributed by atoms with Crippen LogP contribution in [0.15, 0.2) is 0 Å². The topological polar surface area (TPSA) is 38.3 Å². The summed E-state index contributed by atoms with van der Waals surface area (Å²) < 4.78 is 4.88. The third-order valence-corrected chi connectivity index (χ3v) is 2.17. The average molecular weight is 191 g/mol. The summed E-state index contributed by atoms with van der Waals surface area (Å²) in [6.45, 7) is 2.27. The molecule has 3 nitrogen and oxygen atoms in total. The fraction of sp³-hybridized carbons (Fsp3) is 0.875. The SMILES string of the molecule is CCOC(=O)C(CCSC)NC. The molecule has 0 aliphatic carbocycles. The fourth-order valence-electron chi connectivity index (χ4n) is 0.859. The predicted molar refractivity (Wildman–Crippen MR) is 52.5 cm³/mol. The Bertz CT molecular complexity index is 130. The van der Waals surface area contributed by atoms with Crippen LogP contribution in [-0.4, -0.2) is 37.7 Å². The zero-order valence-electron chi connectivity index (χ0n) is 7.92. The van der Waals surface area contributed by atoms with E-state index in [2.05, 4.69) is 5.32 Å². The number of nitrogens with one attached hydrogen (secondary N) is 1. The average Bonchev–Trinajstić information content (AvgIpc) is 2.06. The standard InChI is InChI=1S/C8H17NO2S/c1-4-11-8(10)7(9-2)5-6-12-3/h7,9H,4-6H2,1-3H3. The van der Waals surface area contributed by atoms with E-state index in [4.69, 9.17) is 4.74 Å². The van der Waals surface area contributed by atoms with Crippen molar-refractivity contribution in [1.82, 2.24) is 5.32 Å². The van der Waals surface area contributed by atoms with Crippen molar-refractivity contribution in [2.24, 2.45) is 0 Å². The Balaban J connectivity index is 3.71. The van der Waals surface area contributed by atoms with E-state index in [0.29, 0.717) is 6.61 Å². The van der Waals surface area contributed by atoms with Gasteiger partial charge in [-0.15, -0.1) is 0 Å². The second-order valence-corrected chi connectivity index (χ2v) is 3.36. The van der Waals surface area contributed by atoms with Gasteiger partial charge in [0.15, 0.2) is 0 Å². The van der Waals surface area contributed by atoms with E-state index in [1.54, 1.807) is 18.8 Å². The molecular formula is C8H17NO2S. The Hall–Kier alpha value is -0.220. The summed E-state index contributed by atoms with van der Waals surface area (Å²) in [7, 11) is 1.78. The molecule has 0 heterocycles. The molecule has 0 aliphatic rings. The van der Waals surface area contributed by atoms with Crippen molar-refractivity contribution >= 4 is 17.7 Å². The van der Waals surface area contributed by atoms with Crippen LogP contribution in [0.4, 0.5) is 0 Å². The van der Waals surface area contributed by atoms with Crippen LogP contribution in [0.3, 0.4) is 0 Å². The first-order valence-electron chi connectivity index (χ1n) is 4.09. The molecule has 0 bridgehead atoms. The monoisotopic (exact) mass is 191 g/mol.